The number of hydrogen-bond donors (Lipinski definition) is 2. The van der Waals surface area contributed by atoms with E-state index in [9.17, 15) is 32.7 Å². The molecule has 0 saturated carbocycles. The molecule has 0 spiro atoms. The zero-order valence-corrected chi connectivity index (χ0v) is 15.1. The number of carbonyl (C=O) groups excluding carboxylic acids is 1. The number of nitrogens with one attached hydrogen (secondary N) is 1. The van der Waals surface area contributed by atoms with Gasteiger partial charge >= 0.3 is 12.1 Å². The van der Waals surface area contributed by atoms with Crippen LogP contribution in [-0.2, 0) is 17.5 Å². The molecule has 2 N–H and O–H groups in total. The second-order valence-electron chi connectivity index (χ2n) is 5.87. The number of nitrogens with zero attached hydrogens (tertiary/aromatic N) is 2. The lowest BCUT2D eigenvalue weighted by Gasteiger charge is -2.15. The van der Waals surface area contributed by atoms with Crippen molar-refractivity contribution >= 4 is 39.9 Å². The number of anilines is 1. The monoisotopic (exact) mass is 425 g/mol. The summed E-state index contributed by atoms with van der Waals surface area (Å²) in [5.74, 6) is -2.47. The summed E-state index contributed by atoms with van der Waals surface area (Å²) >= 11 is 5.78. The van der Waals surface area contributed by atoms with Gasteiger partial charge in [0, 0.05) is 5.39 Å². The number of para-hydroxylation sites is 1. The number of rotatable bonds is 4. The summed E-state index contributed by atoms with van der Waals surface area (Å²) in [4.78, 5) is 36.2. The van der Waals surface area contributed by atoms with Crippen molar-refractivity contribution in [3.63, 3.8) is 0 Å². The van der Waals surface area contributed by atoms with Crippen LogP contribution in [0.15, 0.2) is 47.3 Å². The number of alkyl halides is 3. The SMILES string of the molecule is O=C(Cn1nc(C(=O)O)c2ccccc2c1=O)Nc1c(Cl)cccc1C(F)(F)F. The molecular weight excluding hydrogens is 415 g/mol. The number of carboxylic acids is 1. The lowest BCUT2D eigenvalue weighted by molar-refractivity contribution is -0.137. The summed E-state index contributed by atoms with van der Waals surface area (Å²) in [6.45, 7) is -0.813. The number of carboxylic acid groups (broad SMARTS) is 1. The van der Waals surface area contributed by atoms with Crippen molar-refractivity contribution in [1.29, 1.82) is 0 Å². The van der Waals surface area contributed by atoms with Gasteiger partial charge in [0.1, 0.15) is 6.54 Å². The maximum atomic E-state index is 13.1. The van der Waals surface area contributed by atoms with E-state index in [1.165, 1.54) is 24.3 Å². The fraction of sp³-hybridized carbons (Fsp3) is 0.111. The predicted octanol–water partition coefficient (Wildman–Crippen LogP) is 3.41. The molecule has 0 aliphatic carbocycles. The van der Waals surface area contributed by atoms with Gasteiger partial charge in [-0.15, -0.1) is 0 Å². The Morgan fingerprint density at radius 1 is 1.10 bits per heavy atom. The maximum absolute atomic E-state index is 13.1. The fourth-order valence-electron chi connectivity index (χ4n) is 2.70. The van der Waals surface area contributed by atoms with Crippen LogP contribution < -0.4 is 10.9 Å². The van der Waals surface area contributed by atoms with E-state index in [2.05, 4.69) is 5.10 Å². The van der Waals surface area contributed by atoms with Crippen molar-refractivity contribution in [2.24, 2.45) is 0 Å². The summed E-state index contributed by atoms with van der Waals surface area (Å²) in [5.41, 5.74) is -3.07. The van der Waals surface area contributed by atoms with Crippen LogP contribution in [0.5, 0.6) is 0 Å². The lowest BCUT2D eigenvalue weighted by atomic mass is 10.1. The van der Waals surface area contributed by atoms with Gasteiger partial charge in [-0.3, -0.25) is 9.59 Å². The standard InChI is InChI=1S/C18H11ClF3N3O4/c19-12-7-3-6-11(18(20,21)22)15(12)23-13(26)8-25-16(27)10-5-2-1-4-9(10)14(24-25)17(28)29/h1-7H,8H2,(H,23,26)(H,28,29). The molecule has 1 aromatic heterocycles. The van der Waals surface area contributed by atoms with Gasteiger partial charge in [0.25, 0.3) is 5.56 Å². The van der Waals surface area contributed by atoms with E-state index in [0.717, 1.165) is 18.2 Å². The van der Waals surface area contributed by atoms with Crippen molar-refractivity contribution in [2.45, 2.75) is 12.7 Å². The van der Waals surface area contributed by atoms with E-state index < -0.39 is 47.1 Å². The molecule has 0 aliphatic rings. The van der Waals surface area contributed by atoms with Crippen molar-refractivity contribution in [2.75, 3.05) is 5.32 Å². The first-order valence-corrected chi connectivity index (χ1v) is 8.36. The van der Waals surface area contributed by atoms with E-state index >= 15 is 0 Å². The average molecular weight is 426 g/mol. The highest BCUT2D eigenvalue weighted by atomic mass is 35.5. The Morgan fingerprint density at radius 3 is 2.38 bits per heavy atom. The van der Waals surface area contributed by atoms with Gasteiger partial charge in [0.2, 0.25) is 5.91 Å². The number of benzene rings is 2. The molecule has 0 atom stereocenters. The maximum Gasteiger partial charge on any atom is 0.418 e. The lowest BCUT2D eigenvalue weighted by Crippen LogP contribution is -2.31. The first kappa shape index (κ1) is 20.3. The van der Waals surface area contributed by atoms with Crippen LogP contribution in [-0.4, -0.2) is 26.8 Å². The number of amides is 1. The third-order valence-corrected chi connectivity index (χ3v) is 4.26. The van der Waals surface area contributed by atoms with E-state index in [4.69, 9.17) is 11.6 Å². The van der Waals surface area contributed by atoms with E-state index in [1.807, 2.05) is 5.32 Å². The zero-order chi connectivity index (χ0) is 21.3. The third kappa shape index (κ3) is 4.06. The predicted molar refractivity (Wildman–Crippen MR) is 98.0 cm³/mol. The topological polar surface area (TPSA) is 101 Å². The normalized spacial score (nSPS) is 11.4. The van der Waals surface area contributed by atoms with Crippen molar-refractivity contribution in [3.05, 3.63) is 69.1 Å². The van der Waals surface area contributed by atoms with Gasteiger partial charge in [0.05, 0.1) is 21.7 Å². The molecule has 150 valence electrons. The number of halogens is 4. The molecule has 2 aromatic carbocycles. The molecule has 3 rings (SSSR count). The molecule has 0 saturated heterocycles. The minimum atomic E-state index is -4.78. The van der Waals surface area contributed by atoms with Crippen LogP contribution in [0.1, 0.15) is 16.1 Å². The Balaban J connectivity index is 1.99. The third-order valence-electron chi connectivity index (χ3n) is 3.95. The van der Waals surface area contributed by atoms with Gasteiger partial charge in [0.15, 0.2) is 5.69 Å². The molecule has 29 heavy (non-hydrogen) atoms. The minimum absolute atomic E-state index is 0.00132. The van der Waals surface area contributed by atoms with Gasteiger partial charge in [-0.2, -0.15) is 18.3 Å². The number of aromatic nitrogens is 2. The first-order valence-electron chi connectivity index (χ1n) is 7.98. The van der Waals surface area contributed by atoms with Crippen LogP contribution >= 0.6 is 11.6 Å². The largest absolute Gasteiger partial charge is 0.476 e. The molecule has 7 nitrogen and oxygen atoms in total. The minimum Gasteiger partial charge on any atom is -0.476 e. The molecule has 1 amide bonds. The highest BCUT2D eigenvalue weighted by molar-refractivity contribution is 6.34. The number of fused-ring (bicyclic) bond motifs is 1. The Labute approximate surface area is 165 Å². The van der Waals surface area contributed by atoms with Crippen molar-refractivity contribution < 1.29 is 27.9 Å². The van der Waals surface area contributed by atoms with E-state index in [1.54, 1.807) is 0 Å². The molecule has 0 aliphatic heterocycles. The van der Waals surface area contributed by atoms with Gasteiger partial charge < -0.3 is 10.4 Å². The van der Waals surface area contributed by atoms with Crippen LogP contribution in [0.4, 0.5) is 18.9 Å². The molecule has 11 heteroatoms. The number of aromatic carboxylic acids is 1. The highest BCUT2D eigenvalue weighted by Gasteiger charge is 2.34. The second kappa shape index (κ2) is 7.55. The van der Waals surface area contributed by atoms with Crippen molar-refractivity contribution in [3.8, 4) is 0 Å². The smallest absolute Gasteiger partial charge is 0.418 e. The molecule has 0 bridgehead atoms. The second-order valence-corrected chi connectivity index (χ2v) is 6.28. The van der Waals surface area contributed by atoms with Crippen LogP contribution in [0.25, 0.3) is 10.8 Å². The van der Waals surface area contributed by atoms with Crippen molar-refractivity contribution in [1.82, 2.24) is 9.78 Å². The number of hydrogen-bond acceptors (Lipinski definition) is 4. The molecule has 1 heterocycles. The van der Waals surface area contributed by atoms with Gasteiger partial charge in [-0.05, 0) is 18.2 Å². The quantitative estimate of drug-likeness (QED) is 0.667. The van der Waals surface area contributed by atoms with Crippen LogP contribution in [0, 0.1) is 0 Å². The molecular formula is C18H11ClF3N3O4. The van der Waals surface area contributed by atoms with Crippen LogP contribution in [0.2, 0.25) is 5.02 Å². The first-order chi connectivity index (χ1) is 13.6. The van der Waals surface area contributed by atoms with E-state index in [0.29, 0.717) is 4.68 Å². The molecule has 0 unspecified atom stereocenters. The molecule has 0 radical (unpaired) electrons. The average Bonchev–Trinajstić information content (AvgIpc) is 2.64. The Morgan fingerprint density at radius 2 is 1.76 bits per heavy atom. The molecule has 3 aromatic rings. The highest BCUT2D eigenvalue weighted by Crippen LogP contribution is 2.38. The Hall–Kier alpha value is -3.40. The summed E-state index contributed by atoms with van der Waals surface area (Å²) in [5, 5.41) is 14.7. The summed E-state index contributed by atoms with van der Waals surface area (Å²) in [6, 6.07) is 8.74. The summed E-state index contributed by atoms with van der Waals surface area (Å²) in [7, 11) is 0. The Bertz CT molecular complexity index is 1190. The van der Waals surface area contributed by atoms with Gasteiger partial charge in [-0.25, -0.2) is 9.48 Å². The summed E-state index contributed by atoms with van der Waals surface area (Å²) < 4.78 is 40.0. The van der Waals surface area contributed by atoms with E-state index in [-0.39, 0.29) is 15.8 Å². The van der Waals surface area contributed by atoms with Crippen LogP contribution in [0.3, 0.4) is 0 Å². The Kier molecular flexibility index (Phi) is 5.29. The number of carbonyl (C=O) groups is 2. The summed E-state index contributed by atoms with van der Waals surface area (Å²) in [6.07, 6.45) is -4.78. The molecule has 0 fully saturated rings. The van der Waals surface area contributed by atoms with Gasteiger partial charge in [-0.1, -0.05) is 35.9 Å². The zero-order valence-electron chi connectivity index (χ0n) is 14.3. The fourth-order valence-corrected chi connectivity index (χ4v) is 2.92.